The molecule has 0 radical (unpaired) electrons. The highest BCUT2D eigenvalue weighted by Crippen LogP contribution is 2.21. The van der Waals surface area contributed by atoms with Crippen molar-refractivity contribution in [2.45, 2.75) is 53.1 Å². The van der Waals surface area contributed by atoms with Gasteiger partial charge in [0.2, 0.25) is 0 Å². The second-order valence-electron chi connectivity index (χ2n) is 8.15. The highest BCUT2D eigenvalue weighted by atomic mass is 15.3. The normalized spacial score (nSPS) is 18.0. The predicted molar refractivity (Wildman–Crippen MR) is 114 cm³/mol. The number of hydrogen-bond acceptors (Lipinski definition) is 4. The zero-order valence-corrected chi connectivity index (χ0v) is 17.7. The monoisotopic (exact) mass is 385 g/mol. The molecule has 7 heteroatoms. The third-order valence-corrected chi connectivity index (χ3v) is 5.64. The zero-order chi connectivity index (χ0) is 19.9. The maximum absolute atomic E-state index is 4.75. The van der Waals surface area contributed by atoms with Crippen molar-refractivity contribution >= 4 is 11.6 Å². The topological polar surface area (TPSA) is 69.8 Å². The first-order valence-electron chi connectivity index (χ1n) is 10.6. The molecule has 0 spiro atoms. The van der Waals surface area contributed by atoms with Crippen LogP contribution in [0.15, 0.2) is 29.4 Å². The van der Waals surface area contributed by atoms with Gasteiger partial charge in [0.25, 0.3) is 0 Å². The summed E-state index contributed by atoms with van der Waals surface area (Å²) in [7, 11) is 0. The largest absolute Gasteiger partial charge is 0.357 e. The Morgan fingerprint density at radius 2 is 2.00 bits per heavy atom. The van der Waals surface area contributed by atoms with Crippen molar-refractivity contribution < 1.29 is 0 Å². The lowest BCUT2D eigenvalue weighted by molar-refractivity contribution is 0.110. The van der Waals surface area contributed by atoms with E-state index < -0.39 is 0 Å². The summed E-state index contributed by atoms with van der Waals surface area (Å²) in [6.07, 6.45) is 4.58. The van der Waals surface area contributed by atoms with Gasteiger partial charge >= 0.3 is 0 Å². The van der Waals surface area contributed by atoms with Crippen LogP contribution in [-0.4, -0.2) is 57.7 Å². The quantitative estimate of drug-likeness (QED) is 0.566. The number of rotatable bonds is 7. The van der Waals surface area contributed by atoms with Crippen LogP contribution < -0.4 is 10.6 Å². The van der Waals surface area contributed by atoms with Crippen LogP contribution in [0.2, 0.25) is 0 Å². The number of aromatic nitrogens is 3. The van der Waals surface area contributed by atoms with Gasteiger partial charge in [-0.05, 0) is 56.8 Å². The van der Waals surface area contributed by atoms with E-state index in [2.05, 4.69) is 53.4 Å². The van der Waals surface area contributed by atoms with Gasteiger partial charge < -0.3 is 10.6 Å². The molecule has 1 aliphatic rings. The van der Waals surface area contributed by atoms with Gasteiger partial charge in [-0.3, -0.25) is 9.30 Å². The lowest BCUT2D eigenvalue weighted by atomic mass is 9.94. The second-order valence-corrected chi connectivity index (χ2v) is 8.15. The van der Waals surface area contributed by atoms with E-state index in [0.717, 1.165) is 36.4 Å². The fourth-order valence-electron chi connectivity index (χ4n) is 3.84. The van der Waals surface area contributed by atoms with Crippen LogP contribution in [0.1, 0.15) is 46.4 Å². The number of hydrogen-bond donors (Lipinski definition) is 2. The summed E-state index contributed by atoms with van der Waals surface area (Å²) in [6, 6.07) is 6.43. The lowest BCUT2D eigenvalue weighted by Crippen LogP contribution is -2.51. The molecule has 0 bridgehead atoms. The minimum atomic E-state index is 0.494. The summed E-state index contributed by atoms with van der Waals surface area (Å²) in [5, 5.41) is 15.4. The number of nitrogens with one attached hydrogen (secondary N) is 2. The average Bonchev–Trinajstić information content (AvgIpc) is 3.10. The summed E-state index contributed by atoms with van der Waals surface area (Å²) in [4.78, 5) is 7.39. The van der Waals surface area contributed by atoms with Crippen LogP contribution in [0.3, 0.4) is 0 Å². The van der Waals surface area contributed by atoms with Crippen LogP contribution in [0, 0.1) is 11.8 Å². The van der Waals surface area contributed by atoms with Crippen molar-refractivity contribution in [3.63, 3.8) is 0 Å². The molecule has 0 aromatic carbocycles. The number of pyridine rings is 1. The van der Waals surface area contributed by atoms with E-state index in [1.165, 1.54) is 25.9 Å². The second kappa shape index (κ2) is 9.87. The van der Waals surface area contributed by atoms with E-state index in [1.54, 1.807) is 0 Å². The molecule has 0 saturated carbocycles. The van der Waals surface area contributed by atoms with Gasteiger partial charge in [-0.2, -0.15) is 0 Å². The average molecular weight is 386 g/mol. The summed E-state index contributed by atoms with van der Waals surface area (Å²) in [5.74, 6) is 3.14. The first-order chi connectivity index (χ1) is 13.6. The minimum Gasteiger partial charge on any atom is -0.357 e. The van der Waals surface area contributed by atoms with E-state index in [0.29, 0.717) is 18.5 Å². The van der Waals surface area contributed by atoms with E-state index in [9.17, 15) is 0 Å². The third kappa shape index (κ3) is 5.22. The molecule has 0 aliphatic carbocycles. The van der Waals surface area contributed by atoms with Crippen LogP contribution in [-0.2, 0) is 6.54 Å². The molecule has 0 amide bonds. The third-order valence-electron chi connectivity index (χ3n) is 5.64. The standard InChI is InChI=1S/C21H35N7/c1-5-22-21(24-15-20-26-25-19-8-6-7-11-28(19)20)23-14-18(16(2)3)27-12-9-17(4)10-13-27/h6-8,11,16-18H,5,9-10,12-15H2,1-4H3,(H2,22,23,24). The fourth-order valence-corrected chi connectivity index (χ4v) is 3.84. The Morgan fingerprint density at radius 3 is 2.71 bits per heavy atom. The number of fused-ring (bicyclic) bond motifs is 1. The molecule has 3 rings (SSSR count). The van der Waals surface area contributed by atoms with E-state index in [4.69, 9.17) is 4.99 Å². The molecule has 154 valence electrons. The maximum Gasteiger partial charge on any atom is 0.191 e. The highest BCUT2D eigenvalue weighted by molar-refractivity contribution is 5.79. The number of likely N-dealkylation sites (tertiary alicyclic amines) is 1. The Morgan fingerprint density at radius 1 is 1.21 bits per heavy atom. The molecule has 2 aromatic heterocycles. The van der Waals surface area contributed by atoms with Crippen molar-refractivity contribution in [1.82, 2.24) is 30.1 Å². The van der Waals surface area contributed by atoms with Gasteiger partial charge in [0.05, 0.1) is 0 Å². The SMILES string of the molecule is CCNC(=NCc1nnc2ccccn12)NCC(C(C)C)N1CCC(C)CC1. The van der Waals surface area contributed by atoms with Crippen molar-refractivity contribution in [1.29, 1.82) is 0 Å². The molecule has 3 heterocycles. The van der Waals surface area contributed by atoms with Gasteiger partial charge in [-0.25, -0.2) is 4.99 Å². The maximum atomic E-state index is 4.75. The minimum absolute atomic E-state index is 0.494. The number of nitrogens with zero attached hydrogens (tertiary/aromatic N) is 5. The van der Waals surface area contributed by atoms with E-state index in [-0.39, 0.29) is 0 Å². The molecule has 1 atom stereocenters. The molecule has 1 fully saturated rings. The Balaban J connectivity index is 1.63. The predicted octanol–water partition coefficient (Wildman–Crippen LogP) is 2.54. The van der Waals surface area contributed by atoms with Crippen molar-refractivity contribution in [2.75, 3.05) is 26.2 Å². The smallest absolute Gasteiger partial charge is 0.191 e. The summed E-state index contributed by atoms with van der Waals surface area (Å²) in [6.45, 7) is 13.7. The summed E-state index contributed by atoms with van der Waals surface area (Å²) >= 11 is 0. The number of aliphatic imine (C=N–C) groups is 1. The van der Waals surface area contributed by atoms with E-state index >= 15 is 0 Å². The molecule has 1 aliphatic heterocycles. The lowest BCUT2D eigenvalue weighted by Gasteiger charge is -2.39. The van der Waals surface area contributed by atoms with Crippen molar-refractivity contribution in [2.24, 2.45) is 16.8 Å². The van der Waals surface area contributed by atoms with Gasteiger partial charge in [-0.1, -0.05) is 26.8 Å². The molecule has 7 nitrogen and oxygen atoms in total. The first kappa shape index (κ1) is 20.6. The fraction of sp³-hybridized carbons (Fsp3) is 0.667. The highest BCUT2D eigenvalue weighted by Gasteiger charge is 2.25. The van der Waals surface area contributed by atoms with E-state index in [1.807, 2.05) is 28.8 Å². The number of guanidine groups is 1. The van der Waals surface area contributed by atoms with Gasteiger partial charge in [0, 0.05) is 25.3 Å². The van der Waals surface area contributed by atoms with Gasteiger partial charge in [0.15, 0.2) is 17.4 Å². The Hall–Kier alpha value is -2.15. The Kier molecular flexibility index (Phi) is 7.25. The molecule has 2 N–H and O–H groups in total. The van der Waals surface area contributed by atoms with Crippen LogP contribution in [0.5, 0.6) is 0 Å². The summed E-state index contributed by atoms with van der Waals surface area (Å²) < 4.78 is 1.99. The molecule has 28 heavy (non-hydrogen) atoms. The number of piperidine rings is 1. The van der Waals surface area contributed by atoms with Gasteiger partial charge in [-0.15, -0.1) is 10.2 Å². The van der Waals surface area contributed by atoms with Crippen LogP contribution >= 0.6 is 0 Å². The van der Waals surface area contributed by atoms with Gasteiger partial charge in [0.1, 0.15) is 6.54 Å². The van der Waals surface area contributed by atoms with Crippen LogP contribution in [0.4, 0.5) is 0 Å². The first-order valence-corrected chi connectivity index (χ1v) is 10.6. The Labute approximate surface area is 168 Å². The summed E-state index contributed by atoms with van der Waals surface area (Å²) in [5.41, 5.74) is 0.852. The molecule has 1 saturated heterocycles. The molecular weight excluding hydrogens is 350 g/mol. The molecule has 1 unspecified atom stereocenters. The zero-order valence-electron chi connectivity index (χ0n) is 17.7. The van der Waals surface area contributed by atoms with Crippen molar-refractivity contribution in [3.8, 4) is 0 Å². The molecular formula is C21H35N7. The Bertz CT molecular complexity index is 759. The van der Waals surface area contributed by atoms with Crippen LogP contribution in [0.25, 0.3) is 5.65 Å². The van der Waals surface area contributed by atoms with Crippen molar-refractivity contribution in [3.05, 3.63) is 30.2 Å². The molecule has 2 aromatic rings.